The van der Waals surface area contributed by atoms with Gasteiger partial charge in [-0.25, -0.2) is 0 Å². The smallest absolute Gasteiger partial charge is 0.00773 e. The fraction of sp³-hybridized carbons (Fsp3) is 1.00. The maximum Gasteiger partial charge on any atom is -0.00773 e. The van der Waals surface area contributed by atoms with E-state index in [1.165, 1.54) is 122 Å². The zero-order chi connectivity index (χ0) is 20.4. The summed E-state index contributed by atoms with van der Waals surface area (Å²) < 4.78 is 0. The highest BCUT2D eigenvalue weighted by Gasteiger charge is 2.28. The summed E-state index contributed by atoms with van der Waals surface area (Å²) in [6.07, 6.45) is 35.8. The zero-order valence-electron chi connectivity index (χ0n) is 20.0. The van der Waals surface area contributed by atoms with Gasteiger partial charge in [-0.2, -0.15) is 0 Å². The summed E-state index contributed by atoms with van der Waals surface area (Å²) in [4.78, 5) is 0. The van der Waals surface area contributed by atoms with Gasteiger partial charge < -0.3 is 5.73 Å². The normalized spacial score (nSPS) is 28.2. The van der Waals surface area contributed by atoms with Gasteiger partial charge in [-0.05, 0) is 37.1 Å². The van der Waals surface area contributed by atoms with Crippen molar-refractivity contribution in [2.24, 2.45) is 23.5 Å². The van der Waals surface area contributed by atoms with Gasteiger partial charge in [-0.1, -0.05) is 141 Å². The molecule has 3 atom stereocenters. The first-order valence-electron chi connectivity index (χ1n) is 14.1. The molecule has 1 nitrogen and oxygen atoms in total. The van der Waals surface area contributed by atoms with Crippen LogP contribution in [0.3, 0.4) is 0 Å². The molecular weight excluding hydrogens is 350 g/mol. The summed E-state index contributed by atoms with van der Waals surface area (Å²) in [5, 5.41) is 0. The molecule has 0 aromatic heterocycles. The van der Waals surface area contributed by atoms with Crippen LogP contribution in [0.25, 0.3) is 0 Å². The summed E-state index contributed by atoms with van der Waals surface area (Å²) in [5.74, 6) is 3.18. The lowest BCUT2D eigenvalue weighted by Crippen LogP contribution is -2.25. The highest BCUT2D eigenvalue weighted by atomic mass is 14.5. The second kappa shape index (κ2) is 17.6. The molecule has 0 spiro atoms. The van der Waals surface area contributed by atoms with E-state index < -0.39 is 0 Å². The van der Waals surface area contributed by atoms with Crippen molar-refractivity contribution in [2.45, 2.75) is 154 Å². The van der Waals surface area contributed by atoms with Crippen molar-refractivity contribution in [1.82, 2.24) is 0 Å². The van der Waals surface area contributed by atoms with Crippen molar-refractivity contribution in [3.8, 4) is 0 Å². The van der Waals surface area contributed by atoms with Crippen molar-refractivity contribution < 1.29 is 0 Å². The summed E-state index contributed by atoms with van der Waals surface area (Å²) in [5.41, 5.74) is 5.62. The second-order valence-electron chi connectivity index (χ2n) is 10.6. The van der Waals surface area contributed by atoms with Crippen LogP contribution >= 0.6 is 0 Å². The Bertz CT molecular complexity index is 352. The molecule has 2 aliphatic carbocycles. The average molecular weight is 406 g/mol. The largest absolute Gasteiger partial charge is 0.330 e. The Labute approximate surface area is 184 Å². The molecule has 2 N–H and O–H groups in total. The van der Waals surface area contributed by atoms with E-state index in [1.54, 1.807) is 32.1 Å². The van der Waals surface area contributed by atoms with E-state index in [1.807, 2.05) is 0 Å². The first kappa shape index (κ1) is 25.2. The van der Waals surface area contributed by atoms with E-state index in [2.05, 4.69) is 0 Å². The van der Waals surface area contributed by atoms with Crippen LogP contribution in [0, 0.1) is 17.8 Å². The SMILES string of the molecule is NCCCCCCCCCC1CCCCCCCC[C@@H]2CCCCCCCCC12. The fourth-order valence-electron chi connectivity index (χ4n) is 6.45. The maximum atomic E-state index is 5.62. The Kier molecular flexibility index (Phi) is 15.3. The molecular formula is C28H55N. The minimum absolute atomic E-state index is 0.879. The quantitative estimate of drug-likeness (QED) is 0.380. The van der Waals surface area contributed by atoms with Crippen molar-refractivity contribution in [1.29, 1.82) is 0 Å². The van der Waals surface area contributed by atoms with Crippen molar-refractivity contribution in [3.05, 3.63) is 0 Å². The third-order valence-electron chi connectivity index (χ3n) is 8.25. The monoisotopic (exact) mass is 405 g/mol. The van der Waals surface area contributed by atoms with E-state index in [-0.39, 0.29) is 0 Å². The molecule has 0 heterocycles. The lowest BCUT2D eigenvalue weighted by atomic mass is 9.70. The van der Waals surface area contributed by atoms with Gasteiger partial charge >= 0.3 is 0 Å². The third-order valence-corrected chi connectivity index (χ3v) is 8.25. The van der Waals surface area contributed by atoms with E-state index in [0.717, 1.165) is 24.3 Å². The fourth-order valence-corrected chi connectivity index (χ4v) is 6.45. The molecule has 172 valence electrons. The van der Waals surface area contributed by atoms with Gasteiger partial charge in [0.1, 0.15) is 0 Å². The zero-order valence-corrected chi connectivity index (χ0v) is 20.0. The Morgan fingerprint density at radius 3 is 1.48 bits per heavy atom. The lowest BCUT2D eigenvalue weighted by Gasteiger charge is -2.35. The molecule has 2 rings (SSSR count). The summed E-state index contributed by atoms with van der Waals surface area (Å²) in [6, 6.07) is 0. The van der Waals surface area contributed by atoms with E-state index in [9.17, 15) is 0 Å². The van der Waals surface area contributed by atoms with Crippen LogP contribution < -0.4 is 5.73 Å². The van der Waals surface area contributed by atoms with E-state index >= 15 is 0 Å². The molecule has 1 heteroatoms. The van der Waals surface area contributed by atoms with Crippen LogP contribution in [-0.4, -0.2) is 6.54 Å². The summed E-state index contributed by atoms with van der Waals surface area (Å²) >= 11 is 0. The van der Waals surface area contributed by atoms with Crippen LogP contribution in [0.2, 0.25) is 0 Å². The minimum Gasteiger partial charge on any atom is -0.330 e. The van der Waals surface area contributed by atoms with Gasteiger partial charge in [-0.15, -0.1) is 0 Å². The van der Waals surface area contributed by atoms with Gasteiger partial charge in [0.15, 0.2) is 0 Å². The molecule has 0 aromatic carbocycles. The molecule has 0 saturated heterocycles. The van der Waals surface area contributed by atoms with Gasteiger partial charge in [0.25, 0.3) is 0 Å². The van der Waals surface area contributed by atoms with Crippen molar-refractivity contribution in [2.75, 3.05) is 6.54 Å². The second-order valence-corrected chi connectivity index (χ2v) is 10.6. The Hall–Kier alpha value is -0.0400. The molecule has 0 bridgehead atoms. The standard InChI is InChI=1S/C28H55N/c29-25-19-13-7-1-2-8-14-20-26-21-15-9-3-4-10-16-22-27-23-17-11-5-6-12-18-24-28(26)27/h26-28H,1-25,29H2/t26?,27-,28?/m1/s1. The first-order valence-corrected chi connectivity index (χ1v) is 14.1. The van der Waals surface area contributed by atoms with Crippen LogP contribution in [0.5, 0.6) is 0 Å². The number of unbranched alkanes of at least 4 members (excludes halogenated alkanes) is 6. The molecule has 29 heavy (non-hydrogen) atoms. The predicted molar refractivity (Wildman–Crippen MR) is 130 cm³/mol. The number of hydrogen-bond acceptors (Lipinski definition) is 1. The van der Waals surface area contributed by atoms with E-state index in [0.29, 0.717) is 0 Å². The third kappa shape index (κ3) is 11.8. The van der Waals surface area contributed by atoms with Crippen LogP contribution in [0.4, 0.5) is 0 Å². The molecule has 0 aromatic rings. The highest BCUT2D eigenvalue weighted by molar-refractivity contribution is 4.80. The van der Waals surface area contributed by atoms with E-state index in [4.69, 9.17) is 5.73 Å². The number of nitrogens with two attached hydrogens (primary N) is 1. The molecule has 2 fully saturated rings. The Balaban J connectivity index is 1.85. The van der Waals surface area contributed by atoms with Crippen molar-refractivity contribution in [3.63, 3.8) is 0 Å². The highest BCUT2D eigenvalue weighted by Crippen LogP contribution is 2.40. The minimum atomic E-state index is 0.879. The molecule has 0 amide bonds. The van der Waals surface area contributed by atoms with Crippen molar-refractivity contribution >= 4 is 0 Å². The molecule has 2 aliphatic rings. The molecule has 0 aliphatic heterocycles. The molecule has 2 saturated carbocycles. The lowest BCUT2D eigenvalue weighted by molar-refractivity contribution is 0.155. The summed E-state index contributed by atoms with van der Waals surface area (Å²) in [7, 11) is 0. The van der Waals surface area contributed by atoms with Crippen LogP contribution in [-0.2, 0) is 0 Å². The number of fused-ring (bicyclic) bond motifs is 1. The summed E-state index contributed by atoms with van der Waals surface area (Å²) in [6.45, 7) is 0.879. The molecule has 0 radical (unpaired) electrons. The van der Waals surface area contributed by atoms with Gasteiger partial charge in [0.05, 0.1) is 0 Å². The van der Waals surface area contributed by atoms with Gasteiger partial charge in [-0.3, -0.25) is 0 Å². The van der Waals surface area contributed by atoms with Gasteiger partial charge in [0.2, 0.25) is 0 Å². The Morgan fingerprint density at radius 2 is 0.897 bits per heavy atom. The van der Waals surface area contributed by atoms with Crippen LogP contribution in [0.15, 0.2) is 0 Å². The number of hydrogen-bond donors (Lipinski definition) is 1. The molecule has 2 unspecified atom stereocenters. The Morgan fingerprint density at radius 1 is 0.448 bits per heavy atom. The first-order chi connectivity index (χ1) is 14.4. The average Bonchev–Trinajstić information content (AvgIpc) is 2.78. The number of rotatable bonds is 9. The topological polar surface area (TPSA) is 26.0 Å². The van der Waals surface area contributed by atoms with Gasteiger partial charge in [0, 0.05) is 0 Å². The maximum absolute atomic E-state index is 5.62. The predicted octanol–water partition coefficient (Wildman–Crippen LogP) is 9.18. The van der Waals surface area contributed by atoms with Crippen LogP contribution in [0.1, 0.15) is 154 Å².